The maximum absolute atomic E-state index is 13.6. The summed E-state index contributed by atoms with van der Waals surface area (Å²) in [6, 6.07) is 5.68. The Morgan fingerprint density at radius 3 is 2.61 bits per heavy atom. The molecule has 10 nitrogen and oxygen atoms in total. The van der Waals surface area contributed by atoms with E-state index in [4.69, 9.17) is 9.15 Å². The molecule has 0 unspecified atom stereocenters. The fourth-order valence-electron chi connectivity index (χ4n) is 5.19. The molecular weight excluding hydrogens is 458 g/mol. The van der Waals surface area contributed by atoms with E-state index in [1.54, 1.807) is 42.0 Å². The van der Waals surface area contributed by atoms with E-state index in [1.807, 2.05) is 31.4 Å². The van der Waals surface area contributed by atoms with Crippen LogP contribution in [0.4, 0.5) is 5.82 Å². The SMILES string of the molecule is CCC1(OC)CC(n2c(=O)nc(-c3ccc(NC)nc3)c3oc4ncc(-c5cnn(C)c5)cc4c32)C1. The molecule has 5 heterocycles. The molecule has 0 spiro atoms. The zero-order valence-electron chi connectivity index (χ0n) is 20.6. The van der Waals surface area contributed by atoms with E-state index in [1.165, 1.54) is 0 Å². The minimum atomic E-state index is -0.324. The van der Waals surface area contributed by atoms with E-state index in [0.717, 1.165) is 41.6 Å². The average Bonchev–Trinajstić information content (AvgIpc) is 3.48. The van der Waals surface area contributed by atoms with Crippen LogP contribution in [0, 0.1) is 0 Å². The molecule has 0 atom stereocenters. The Morgan fingerprint density at radius 1 is 1.17 bits per heavy atom. The monoisotopic (exact) mass is 485 g/mol. The molecule has 1 fully saturated rings. The zero-order chi connectivity index (χ0) is 25.0. The first kappa shape index (κ1) is 22.4. The Kier molecular flexibility index (Phi) is 5.15. The van der Waals surface area contributed by atoms with Crippen molar-refractivity contribution < 1.29 is 9.15 Å². The number of methoxy groups -OCH3 is 1. The molecule has 1 aliphatic carbocycles. The summed E-state index contributed by atoms with van der Waals surface area (Å²) in [5.41, 5.74) is 4.10. The molecular formula is C26H27N7O3. The standard InChI is InChI=1S/C26H27N7O3/c1-5-26(35-4)9-18(10-26)33-22-19-8-16(17-13-30-32(3)14-17)12-29-24(19)36-23(22)21(31-25(33)34)15-6-7-20(27-2)28-11-15/h6-8,11-14,18H,5,9-10H2,1-4H3,(H,27,28). The fraction of sp³-hybridized carbons (Fsp3) is 0.346. The highest BCUT2D eigenvalue weighted by atomic mass is 16.5. The molecule has 5 aromatic rings. The molecule has 0 aromatic carbocycles. The molecule has 10 heteroatoms. The van der Waals surface area contributed by atoms with Gasteiger partial charge in [-0.15, -0.1) is 0 Å². The topological polar surface area (TPSA) is 113 Å². The van der Waals surface area contributed by atoms with Gasteiger partial charge in [0.15, 0.2) is 5.58 Å². The van der Waals surface area contributed by atoms with Crippen molar-refractivity contribution in [3.8, 4) is 22.4 Å². The van der Waals surface area contributed by atoms with Crippen LogP contribution in [0.5, 0.6) is 0 Å². The van der Waals surface area contributed by atoms with Gasteiger partial charge in [-0.05, 0) is 37.5 Å². The second kappa shape index (κ2) is 8.27. The first-order valence-electron chi connectivity index (χ1n) is 12.0. The number of hydrogen-bond donors (Lipinski definition) is 1. The van der Waals surface area contributed by atoms with Crippen LogP contribution in [0.1, 0.15) is 32.2 Å². The Morgan fingerprint density at radius 2 is 1.97 bits per heavy atom. The first-order chi connectivity index (χ1) is 17.4. The van der Waals surface area contributed by atoms with Crippen LogP contribution in [0.15, 0.2) is 52.2 Å². The smallest absolute Gasteiger partial charge is 0.349 e. The molecule has 0 amide bonds. The van der Waals surface area contributed by atoms with Crippen molar-refractivity contribution in [3.05, 3.63) is 53.5 Å². The summed E-state index contributed by atoms with van der Waals surface area (Å²) in [5.74, 6) is 0.723. The Labute approximate surface area is 207 Å². The molecule has 1 saturated carbocycles. The van der Waals surface area contributed by atoms with Gasteiger partial charge in [-0.3, -0.25) is 9.25 Å². The van der Waals surface area contributed by atoms with Gasteiger partial charge in [0.05, 0.1) is 17.2 Å². The summed E-state index contributed by atoms with van der Waals surface area (Å²) in [6.07, 6.45) is 9.52. The molecule has 0 radical (unpaired) electrons. The predicted octanol–water partition coefficient (Wildman–Crippen LogP) is 4.17. The number of aromatic nitrogens is 6. The van der Waals surface area contributed by atoms with Crippen molar-refractivity contribution in [1.29, 1.82) is 0 Å². The van der Waals surface area contributed by atoms with Gasteiger partial charge in [-0.25, -0.2) is 14.8 Å². The van der Waals surface area contributed by atoms with Crippen molar-refractivity contribution in [2.24, 2.45) is 7.05 Å². The third kappa shape index (κ3) is 3.40. The molecule has 0 saturated heterocycles. The second-order valence-corrected chi connectivity index (χ2v) is 9.36. The van der Waals surface area contributed by atoms with Crippen molar-refractivity contribution in [2.45, 2.75) is 37.8 Å². The number of rotatable bonds is 6. The fourth-order valence-corrected chi connectivity index (χ4v) is 5.19. The zero-order valence-corrected chi connectivity index (χ0v) is 20.6. The Hall–Kier alpha value is -4.05. The normalized spacial score (nSPS) is 19.6. The van der Waals surface area contributed by atoms with Gasteiger partial charge in [0.25, 0.3) is 0 Å². The number of ether oxygens (including phenoxy) is 1. The molecule has 36 heavy (non-hydrogen) atoms. The van der Waals surface area contributed by atoms with Gasteiger partial charge in [0.2, 0.25) is 5.71 Å². The summed E-state index contributed by atoms with van der Waals surface area (Å²) in [4.78, 5) is 27.1. The Balaban J connectivity index is 1.60. The van der Waals surface area contributed by atoms with Crippen molar-refractivity contribution in [1.82, 2.24) is 29.3 Å². The minimum absolute atomic E-state index is 0.0471. The number of hydrogen-bond acceptors (Lipinski definition) is 8. The number of anilines is 1. The van der Waals surface area contributed by atoms with Gasteiger partial charge in [0, 0.05) is 62.5 Å². The third-order valence-electron chi connectivity index (χ3n) is 7.38. The van der Waals surface area contributed by atoms with Gasteiger partial charge in [-0.2, -0.15) is 10.1 Å². The number of aryl methyl sites for hydroxylation is 1. The van der Waals surface area contributed by atoms with Crippen molar-refractivity contribution >= 4 is 28.0 Å². The number of fused-ring (bicyclic) bond motifs is 3. The van der Waals surface area contributed by atoms with Crippen LogP contribution < -0.4 is 11.0 Å². The molecule has 1 aliphatic rings. The van der Waals surface area contributed by atoms with Gasteiger partial charge < -0.3 is 14.5 Å². The average molecular weight is 486 g/mol. The summed E-state index contributed by atoms with van der Waals surface area (Å²) in [6.45, 7) is 2.11. The van der Waals surface area contributed by atoms with Crippen LogP contribution in [0.25, 0.3) is 44.6 Å². The number of furan rings is 1. The van der Waals surface area contributed by atoms with Gasteiger partial charge in [-0.1, -0.05) is 6.92 Å². The van der Waals surface area contributed by atoms with Crippen LogP contribution in [0.2, 0.25) is 0 Å². The number of nitrogens with one attached hydrogen (secondary N) is 1. The maximum Gasteiger partial charge on any atom is 0.349 e. The summed E-state index contributed by atoms with van der Waals surface area (Å²) in [7, 11) is 5.41. The van der Waals surface area contributed by atoms with E-state index in [-0.39, 0.29) is 17.3 Å². The van der Waals surface area contributed by atoms with E-state index >= 15 is 0 Å². The van der Waals surface area contributed by atoms with Crippen LogP contribution >= 0.6 is 0 Å². The van der Waals surface area contributed by atoms with E-state index < -0.39 is 0 Å². The second-order valence-electron chi connectivity index (χ2n) is 9.36. The Bertz CT molecular complexity index is 1640. The summed E-state index contributed by atoms with van der Waals surface area (Å²) < 4.78 is 15.6. The highest BCUT2D eigenvalue weighted by molar-refractivity contribution is 6.06. The molecule has 0 aliphatic heterocycles. The molecule has 184 valence electrons. The lowest BCUT2D eigenvalue weighted by Crippen LogP contribution is -2.48. The highest BCUT2D eigenvalue weighted by Gasteiger charge is 2.45. The molecule has 0 bridgehead atoms. The summed E-state index contributed by atoms with van der Waals surface area (Å²) >= 11 is 0. The maximum atomic E-state index is 13.6. The third-order valence-corrected chi connectivity index (χ3v) is 7.38. The van der Waals surface area contributed by atoms with Crippen LogP contribution in [-0.2, 0) is 11.8 Å². The number of nitrogens with zero attached hydrogens (tertiary/aromatic N) is 6. The first-order valence-corrected chi connectivity index (χ1v) is 12.0. The van der Waals surface area contributed by atoms with Crippen LogP contribution in [0.3, 0.4) is 0 Å². The van der Waals surface area contributed by atoms with E-state index in [9.17, 15) is 4.79 Å². The van der Waals surface area contributed by atoms with Gasteiger partial charge in [0.1, 0.15) is 17.0 Å². The summed E-state index contributed by atoms with van der Waals surface area (Å²) in [5, 5.41) is 8.05. The van der Waals surface area contributed by atoms with Crippen LogP contribution in [-0.4, -0.2) is 49.1 Å². The van der Waals surface area contributed by atoms with Crippen molar-refractivity contribution in [2.75, 3.05) is 19.5 Å². The van der Waals surface area contributed by atoms with E-state index in [0.29, 0.717) is 28.1 Å². The molecule has 1 N–H and O–H groups in total. The van der Waals surface area contributed by atoms with E-state index in [2.05, 4.69) is 32.3 Å². The lowest BCUT2D eigenvalue weighted by molar-refractivity contribution is -0.102. The largest absolute Gasteiger partial charge is 0.434 e. The lowest BCUT2D eigenvalue weighted by atomic mass is 9.73. The lowest BCUT2D eigenvalue weighted by Gasteiger charge is -2.46. The predicted molar refractivity (Wildman–Crippen MR) is 137 cm³/mol. The van der Waals surface area contributed by atoms with Gasteiger partial charge >= 0.3 is 5.69 Å². The minimum Gasteiger partial charge on any atom is -0.434 e. The molecule has 5 aromatic heterocycles. The highest BCUT2D eigenvalue weighted by Crippen LogP contribution is 2.47. The number of pyridine rings is 2. The quantitative estimate of drug-likeness (QED) is 0.381. The van der Waals surface area contributed by atoms with Crippen molar-refractivity contribution in [3.63, 3.8) is 0 Å². The molecule has 6 rings (SSSR count).